The molecule has 1 aliphatic heterocycles. The highest BCUT2D eigenvalue weighted by Crippen LogP contribution is 2.34. The summed E-state index contributed by atoms with van der Waals surface area (Å²) in [6.45, 7) is 6.52. The normalized spacial score (nSPS) is 13.0. The van der Waals surface area contributed by atoms with E-state index in [-0.39, 0.29) is 30.4 Å². The summed E-state index contributed by atoms with van der Waals surface area (Å²) in [6.07, 6.45) is 1.88. The Labute approximate surface area is 191 Å². The monoisotopic (exact) mass is 451 g/mol. The van der Waals surface area contributed by atoms with Gasteiger partial charge in [-0.15, -0.1) is 0 Å². The molecule has 0 unspecified atom stereocenters. The lowest BCUT2D eigenvalue weighted by Gasteiger charge is -2.28. The van der Waals surface area contributed by atoms with Crippen LogP contribution in [-0.2, 0) is 31.2 Å². The van der Waals surface area contributed by atoms with E-state index in [0.29, 0.717) is 35.8 Å². The van der Waals surface area contributed by atoms with Crippen molar-refractivity contribution in [2.45, 2.75) is 40.2 Å². The minimum absolute atomic E-state index is 0.0131. The SMILES string of the molecule is CCN1Cc2c(Oc3ccc(CC(=O)Cc4c(C)nn(C)c4C)cc3F)ccnc2NC1=O. The second kappa shape index (κ2) is 9.01. The topological polar surface area (TPSA) is 89.3 Å². The number of nitrogens with zero attached hydrogens (tertiary/aromatic N) is 4. The molecule has 1 aromatic carbocycles. The van der Waals surface area contributed by atoms with Crippen molar-refractivity contribution in [3.8, 4) is 11.5 Å². The van der Waals surface area contributed by atoms with Crippen LogP contribution in [0.4, 0.5) is 15.0 Å². The number of aromatic nitrogens is 3. The summed E-state index contributed by atoms with van der Waals surface area (Å²) in [5.74, 6) is 0.292. The zero-order chi connectivity index (χ0) is 23.7. The van der Waals surface area contributed by atoms with Gasteiger partial charge < -0.3 is 9.64 Å². The van der Waals surface area contributed by atoms with Gasteiger partial charge in [-0.3, -0.25) is 14.8 Å². The number of nitrogens with one attached hydrogen (secondary N) is 1. The van der Waals surface area contributed by atoms with Crippen LogP contribution in [0.2, 0.25) is 0 Å². The summed E-state index contributed by atoms with van der Waals surface area (Å²) >= 11 is 0. The number of fused-ring (bicyclic) bond motifs is 1. The van der Waals surface area contributed by atoms with Crippen molar-refractivity contribution >= 4 is 17.6 Å². The molecule has 4 rings (SSSR count). The molecule has 172 valence electrons. The molecule has 0 bridgehead atoms. The number of ether oxygens (including phenoxy) is 1. The molecule has 1 N–H and O–H groups in total. The lowest BCUT2D eigenvalue weighted by Crippen LogP contribution is -2.38. The van der Waals surface area contributed by atoms with Crippen LogP contribution in [0.15, 0.2) is 30.5 Å². The number of carbonyl (C=O) groups excluding carboxylic acids is 2. The van der Waals surface area contributed by atoms with Gasteiger partial charge in [0.15, 0.2) is 11.6 Å². The standard InChI is InChI=1S/C24H26FN5O3/c1-5-30-13-19-21(8-9-26-23(19)27-24(30)32)33-22-7-6-16(11-20(22)25)10-17(31)12-18-14(2)28-29(4)15(18)3/h6-9,11H,5,10,12-13H2,1-4H3,(H,26,27,32). The molecule has 8 nitrogen and oxygen atoms in total. The van der Waals surface area contributed by atoms with E-state index in [1.807, 2.05) is 27.8 Å². The summed E-state index contributed by atoms with van der Waals surface area (Å²) in [5.41, 5.74) is 3.95. The lowest BCUT2D eigenvalue weighted by atomic mass is 10.0. The zero-order valence-electron chi connectivity index (χ0n) is 19.1. The number of pyridine rings is 1. The number of ketones is 1. The largest absolute Gasteiger partial charge is 0.454 e. The molecule has 3 heterocycles. The van der Waals surface area contributed by atoms with Gasteiger partial charge in [0.05, 0.1) is 17.8 Å². The first-order valence-corrected chi connectivity index (χ1v) is 10.8. The Morgan fingerprint density at radius 1 is 1.21 bits per heavy atom. The Kier molecular flexibility index (Phi) is 6.13. The van der Waals surface area contributed by atoms with Gasteiger partial charge in [-0.2, -0.15) is 5.10 Å². The molecular formula is C24H26FN5O3. The molecule has 1 aliphatic rings. The van der Waals surface area contributed by atoms with Crippen LogP contribution in [0.1, 0.15) is 35.0 Å². The number of rotatable bonds is 7. The maximum absolute atomic E-state index is 14.8. The lowest BCUT2D eigenvalue weighted by molar-refractivity contribution is -0.117. The molecule has 0 fully saturated rings. The van der Waals surface area contributed by atoms with Crippen molar-refractivity contribution in [3.05, 3.63) is 64.4 Å². The fourth-order valence-corrected chi connectivity index (χ4v) is 3.95. The van der Waals surface area contributed by atoms with Gasteiger partial charge in [0, 0.05) is 43.9 Å². The van der Waals surface area contributed by atoms with Crippen molar-refractivity contribution in [2.24, 2.45) is 7.05 Å². The Bertz CT molecular complexity index is 1240. The van der Waals surface area contributed by atoms with E-state index in [0.717, 1.165) is 17.0 Å². The summed E-state index contributed by atoms with van der Waals surface area (Å²) < 4.78 is 22.4. The third-order valence-electron chi connectivity index (χ3n) is 5.91. The molecule has 0 radical (unpaired) electrons. The van der Waals surface area contributed by atoms with Crippen molar-refractivity contribution in [1.82, 2.24) is 19.7 Å². The zero-order valence-corrected chi connectivity index (χ0v) is 19.1. The summed E-state index contributed by atoms with van der Waals surface area (Å²) in [4.78, 5) is 30.4. The number of urea groups is 1. The van der Waals surface area contributed by atoms with Gasteiger partial charge in [-0.05, 0) is 44.5 Å². The van der Waals surface area contributed by atoms with Crippen molar-refractivity contribution in [1.29, 1.82) is 0 Å². The third-order valence-corrected chi connectivity index (χ3v) is 5.91. The molecule has 33 heavy (non-hydrogen) atoms. The predicted molar refractivity (Wildman–Crippen MR) is 121 cm³/mol. The second-order valence-electron chi connectivity index (χ2n) is 8.11. The number of carbonyl (C=O) groups is 2. The molecule has 2 aromatic heterocycles. The van der Waals surface area contributed by atoms with Crippen molar-refractivity contribution in [3.63, 3.8) is 0 Å². The predicted octanol–water partition coefficient (Wildman–Crippen LogP) is 4.09. The molecule has 0 spiro atoms. The van der Waals surface area contributed by atoms with Crippen LogP contribution < -0.4 is 10.1 Å². The van der Waals surface area contributed by atoms with Crippen LogP contribution in [-0.4, -0.2) is 38.0 Å². The second-order valence-corrected chi connectivity index (χ2v) is 8.11. The third kappa shape index (κ3) is 4.57. The van der Waals surface area contributed by atoms with E-state index in [2.05, 4.69) is 15.4 Å². The van der Waals surface area contributed by atoms with Crippen LogP contribution >= 0.6 is 0 Å². The van der Waals surface area contributed by atoms with E-state index in [9.17, 15) is 14.0 Å². The van der Waals surface area contributed by atoms with Crippen LogP contribution in [0, 0.1) is 19.7 Å². The van der Waals surface area contributed by atoms with E-state index >= 15 is 0 Å². The number of Topliss-reactive ketones (excluding diaryl/α,β-unsaturated/α-hetero) is 1. The van der Waals surface area contributed by atoms with Gasteiger partial charge in [0.2, 0.25) is 0 Å². The molecule has 2 amide bonds. The number of anilines is 1. The van der Waals surface area contributed by atoms with E-state index in [1.165, 1.54) is 18.3 Å². The van der Waals surface area contributed by atoms with Gasteiger partial charge >= 0.3 is 6.03 Å². The fourth-order valence-electron chi connectivity index (χ4n) is 3.95. The molecule has 0 atom stereocenters. The Morgan fingerprint density at radius 2 is 2.00 bits per heavy atom. The molecular weight excluding hydrogens is 425 g/mol. The van der Waals surface area contributed by atoms with Gasteiger partial charge in [-0.25, -0.2) is 14.2 Å². The van der Waals surface area contributed by atoms with Crippen LogP contribution in [0.5, 0.6) is 11.5 Å². The first kappa shape index (κ1) is 22.4. The quantitative estimate of drug-likeness (QED) is 0.585. The molecule has 0 saturated carbocycles. The van der Waals surface area contributed by atoms with Crippen LogP contribution in [0.3, 0.4) is 0 Å². The summed E-state index contributed by atoms with van der Waals surface area (Å²) in [7, 11) is 1.85. The maximum atomic E-state index is 14.8. The van der Waals surface area contributed by atoms with Crippen molar-refractivity contribution < 1.29 is 18.7 Å². The highest BCUT2D eigenvalue weighted by Gasteiger charge is 2.25. The highest BCUT2D eigenvalue weighted by atomic mass is 19.1. The number of aryl methyl sites for hydroxylation is 2. The highest BCUT2D eigenvalue weighted by molar-refractivity contribution is 5.91. The first-order chi connectivity index (χ1) is 15.8. The Morgan fingerprint density at radius 3 is 2.67 bits per heavy atom. The van der Waals surface area contributed by atoms with E-state index in [4.69, 9.17) is 4.74 Å². The molecule has 9 heteroatoms. The molecule has 3 aromatic rings. The van der Waals surface area contributed by atoms with E-state index in [1.54, 1.807) is 21.7 Å². The fraction of sp³-hybridized carbons (Fsp3) is 0.333. The number of benzene rings is 1. The molecule has 0 aliphatic carbocycles. The first-order valence-electron chi connectivity index (χ1n) is 10.8. The van der Waals surface area contributed by atoms with E-state index < -0.39 is 5.82 Å². The van der Waals surface area contributed by atoms with Gasteiger partial charge in [-0.1, -0.05) is 6.07 Å². The van der Waals surface area contributed by atoms with Crippen molar-refractivity contribution in [2.75, 3.05) is 11.9 Å². The minimum Gasteiger partial charge on any atom is -0.454 e. The van der Waals surface area contributed by atoms with Gasteiger partial charge in [0.25, 0.3) is 0 Å². The minimum atomic E-state index is -0.563. The van der Waals surface area contributed by atoms with Crippen LogP contribution in [0.25, 0.3) is 0 Å². The molecule has 0 saturated heterocycles. The number of halogens is 1. The number of hydrogen-bond donors (Lipinski definition) is 1. The van der Waals surface area contributed by atoms with Gasteiger partial charge in [0.1, 0.15) is 17.4 Å². The maximum Gasteiger partial charge on any atom is 0.323 e. The smallest absolute Gasteiger partial charge is 0.323 e. The average molecular weight is 452 g/mol. The number of amides is 2. The Balaban J connectivity index is 1.48. The summed E-state index contributed by atoms with van der Waals surface area (Å²) in [6, 6.07) is 5.94. The average Bonchev–Trinajstić information content (AvgIpc) is 3.01. The summed E-state index contributed by atoms with van der Waals surface area (Å²) in [5, 5.41) is 7.06. The Hall–Kier alpha value is -3.75. The number of hydrogen-bond acceptors (Lipinski definition) is 5.